The second-order valence-corrected chi connectivity index (χ2v) is 4.66. The number of hydrogen-bond acceptors (Lipinski definition) is 4. The van der Waals surface area contributed by atoms with Crippen LogP contribution in [0.3, 0.4) is 0 Å². The summed E-state index contributed by atoms with van der Waals surface area (Å²) in [5.74, 6) is -0.141. The molecule has 0 aromatic heterocycles. The molecule has 0 unspecified atom stereocenters. The SMILES string of the molecule is CCCCCCC(=O)[C@H](CCCN=C(N)N)N[N+](=O)[O-]. The van der Waals surface area contributed by atoms with Crippen LogP contribution in [0.4, 0.5) is 0 Å². The van der Waals surface area contributed by atoms with Gasteiger partial charge in [0.15, 0.2) is 16.8 Å². The summed E-state index contributed by atoms with van der Waals surface area (Å²) >= 11 is 0. The largest absolute Gasteiger partial charge is 0.370 e. The van der Waals surface area contributed by atoms with Gasteiger partial charge in [0, 0.05) is 13.0 Å². The standard InChI is InChI=1S/C12H25N5O3/c1-2-3-4-5-8-11(18)10(16-17(19)20)7-6-9-15-12(13)14/h10,16H,2-9H2,1H3,(H4,13,14,15)/t10-/m0/s1. The molecular formula is C12H25N5O3. The Bertz CT molecular complexity index is 329. The van der Waals surface area contributed by atoms with Gasteiger partial charge in [-0.3, -0.25) is 9.79 Å². The van der Waals surface area contributed by atoms with Crippen molar-refractivity contribution in [3.05, 3.63) is 10.1 Å². The van der Waals surface area contributed by atoms with Gasteiger partial charge >= 0.3 is 0 Å². The summed E-state index contributed by atoms with van der Waals surface area (Å²) in [4.78, 5) is 26.2. The lowest BCUT2D eigenvalue weighted by Crippen LogP contribution is -2.40. The smallest absolute Gasteiger partial charge is 0.185 e. The summed E-state index contributed by atoms with van der Waals surface area (Å²) < 4.78 is 0. The molecule has 0 saturated heterocycles. The average molecular weight is 287 g/mol. The van der Waals surface area contributed by atoms with Crippen LogP contribution < -0.4 is 16.9 Å². The number of rotatable bonds is 12. The predicted octanol–water partition coefficient (Wildman–Crippen LogP) is 0.729. The Kier molecular flexibility index (Phi) is 9.98. The second kappa shape index (κ2) is 11.0. The van der Waals surface area contributed by atoms with E-state index in [-0.39, 0.29) is 11.7 Å². The lowest BCUT2D eigenvalue weighted by Gasteiger charge is -2.12. The lowest BCUT2D eigenvalue weighted by molar-refractivity contribution is -0.548. The molecule has 0 radical (unpaired) electrons. The maximum atomic E-state index is 11.9. The van der Waals surface area contributed by atoms with Crippen molar-refractivity contribution in [2.24, 2.45) is 16.5 Å². The zero-order chi connectivity index (χ0) is 15.4. The molecule has 0 amide bonds. The van der Waals surface area contributed by atoms with Gasteiger partial charge in [-0.1, -0.05) is 26.2 Å². The first-order chi connectivity index (χ1) is 9.47. The van der Waals surface area contributed by atoms with Crippen molar-refractivity contribution in [2.45, 2.75) is 57.9 Å². The van der Waals surface area contributed by atoms with E-state index in [9.17, 15) is 14.9 Å². The first-order valence-corrected chi connectivity index (χ1v) is 6.96. The quantitative estimate of drug-likeness (QED) is 0.159. The summed E-state index contributed by atoms with van der Waals surface area (Å²) in [5.41, 5.74) is 12.4. The van der Waals surface area contributed by atoms with Crippen molar-refractivity contribution >= 4 is 11.7 Å². The van der Waals surface area contributed by atoms with Crippen LogP contribution in [-0.4, -0.2) is 29.4 Å². The molecule has 0 fully saturated rings. The Morgan fingerprint density at radius 1 is 1.30 bits per heavy atom. The minimum Gasteiger partial charge on any atom is -0.370 e. The van der Waals surface area contributed by atoms with Crippen LogP contribution in [0.2, 0.25) is 0 Å². The molecule has 20 heavy (non-hydrogen) atoms. The van der Waals surface area contributed by atoms with Gasteiger partial charge in [-0.25, -0.2) is 10.1 Å². The normalized spacial score (nSPS) is 11.7. The van der Waals surface area contributed by atoms with Crippen molar-refractivity contribution in [1.29, 1.82) is 0 Å². The highest BCUT2D eigenvalue weighted by molar-refractivity contribution is 5.83. The van der Waals surface area contributed by atoms with Gasteiger partial charge in [0.05, 0.1) is 0 Å². The molecule has 116 valence electrons. The fraction of sp³-hybridized carbons (Fsp3) is 0.833. The third kappa shape index (κ3) is 10.1. The molecule has 8 nitrogen and oxygen atoms in total. The molecule has 0 aliphatic carbocycles. The van der Waals surface area contributed by atoms with Crippen LogP contribution in [0.5, 0.6) is 0 Å². The van der Waals surface area contributed by atoms with Gasteiger partial charge in [0.2, 0.25) is 0 Å². The number of nitrogens with zero attached hydrogens (tertiary/aromatic N) is 2. The molecule has 0 aliphatic heterocycles. The highest BCUT2D eigenvalue weighted by atomic mass is 16.7. The highest BCUT2D eigenvalue weighted by Crippen LogP contribution is 2.08. The second-order valence-electron chi connectivity index (χ2n) is 4.66. The first-order valence-electron chi connectivity index (χ1n) is 6.96. The van der Waals surface area contributed by atoms with E-state index in [1.807, 2.05) is 0 Å². The third-order valence-corrected chi connectivity index (χ3v) is 2.87. The molecule has 0 heterocycles. The number of carbonyl (C=O) groups excluding carboxylic acids is 1. The molecule has 0 aliphatic rings. The van der Waals surface area contributed by atoms with Crippen LogP contribution in [-0.2, 0) is 4.79 Å². The Labute approximate surface area is 119 Å². The highest BCUT2D eigenvalue weighted by Gasteiger charge is 2.21. The minimum atomic E-state index is -0.763. The molecule has 0 saturated carbocycles. The summed E-state index contributed by atoms with van der Waals surface area (Å²) in [6.45, 7) is 2.45. The number of hydrazine groups is 1. The number of aliphatic imine (C=N–C) groups is 1. The maximum Gasteiger partial charge on any atom is 0.185 e. The molecule has 0 aromatic carbocycles. The van der Waals surface area contributed by atoms with E-state index >= 15 is 0 Å². The van der Waals surface area contributed by atoms with Crippen molar-refractivity contribution in [1.82, 2.24) is 5.43 Å². The summed E-state index contributed by atoms with van der Waals surface area (Å²) in [5, 5.41) is 9.83. The van der Waals surface area contributed by atoms with E-state index in [2.05, 4.69) is 17.3 Å². The Hall–Kier alpha value is -1.86. The van der Waals surface area contributed by atoms with E-state index < -0.39 is 11.1 Å². The monoisotopic (exact) mass is 287 g/mol. The Morgan fingerprint density at radius 2 is 2.00 bits per heavy atom. The summed E-state index contributed by atoms with van der Waals surface area (Å²) in [7, 11) is 0. The molecule has 0 spiro atoms. The van der Waals surface area contributed by atoms with E-state index in [4.69, 9.17) is 11.5 Å². The molecule has 0 bridgehead atoms. The van der Waals surface area contributed by atoms with Gasteiger partial charge in [0.25, 0.3) is 0 Å². The van der Waals surface area contributed by atoms with Gasteiger partial charge in [-0.2, -0.15) is 0 Å². The Morgan fingerprint density at radius 3 is 2.55 bits per heavy atom. The fourth-order valence-corrected chi connectivity index (χ4v) is 1.83. The number of carbonyl (C=O) groups is 1. The number of ketones is 1. The summed E-state index contributed by atoms with van der Waals surface area (Å²) in [6, 6.07) is -0.763. The fourth-order valence-electron chi connectivity index (χ4n) is 1.83. The van der Waals surface area contributed by atoms with Crippen LogP contribution in [0.25, 0.3) is 0 Å². The molecule has 1 atom stereocenters. The molecule has 0 rings (SSSR count). The zero-order valence-electron chi connectivity index (χ0n) is 12.0. The average Bonchev–Trinajstić information content (AvgIpc) is 2.37. The molecule has 0 aromatic rings. The van der Waals surface area contributed by atoms with E-state index in [0.29, 0.717) is 25.8 Å². The molecular weight excluding hydrogens is 262 g/mol. The predicted molar refractivity (Wildman–Crippen MR) is 77.6 cm³/mol. The minimum absolute atomic E-state index is 0.0188. The van der Waals surface area contributed by atoms with Crippen molar-refractivity contribution in [3.8, 4) is 0 Å². The van der Waals surface area contributed by atoms with Crippen LogP contribution in [0.1, 0.15) is 51.9 Å². The van der Waals surface area contributed by atoms with Crippen molar-refractivity contribution < 1.29 is 9.83 Å². The van der Waals surface area contributed by atoms with Crippen molar-refractivity contribution in [3.63, 3.8) is 0 Å². The van der Waals surface area contributed by atoms with Gasteiger partial charge in [0.1, 0.15) is 6.04 Å². The topological polar surface area (TPSA) is 137 Å². The van der Waals surface area contributed by atoms with E-state index in [1.165, 1.54) is 0 Å². The number of Topliss-reactive ketones (excluding diaryl/α,β-unsaturated/α-hetero) is 1. The van der Waals surface area contributed by atoms with Gasteiger partial charge < -0.3 is 11.5 Å². The number of nitrogens with one attached hydrogen (secondary N) is 1. The zero-order valence-corrected chi connectivity index (χ0v) is 12.0. The Balaban J connectivity index is 4.14. The van der Waals surface area contributed by atoms with E-state index in [0.717, 1.165) is 25.7 Å². The van der Waals surface area contributed by atoms with Gasteiger partial charge in [-0.15, -0.1) is 5.43 Å². The number of hydrogen-bond donors (Lipinski definition) is 3. The molecule has 5 N–H and O–H groups in total. The maximum absolute atomic E-state index is 11.9. The van der Waals surface area contributed by atoms with Crippen LogP contribution >= 0.6 is 0 Å². The number of nitro groups is 1. The number of nitrogens with two attached hydrogens (primary N) is 2. The first kappa shape index (κ1) is 18.1. The van der Waals surface area contributed by atoms with Crippen LogP contribution in [0, 0.1) is 10.1 Å². The number of unbranched alkanes of at least 4 members (excludes halogenated alkanes) is 3. The van der Waals surface area contributed by atoms with E-state index in [1.54, 1.807) is 0 Å². The third-order valence-electron chi connectivity index (χ3n) is 2.87. The van der Waals surface area contributed by atoms with Gasteiger partial charge in [-0.05, 0) is 19.3 Å². The lowest BCUT2D eigenvalue weighted by atomic mass is 10.0. The van der Waals surface area contributed by atoms with Crippen LogP contribution in [0.15, 0.2) is 4.99 Å². The summed E-state index contributed by atoms with van der Waals surface area (Å²) in [6.07, 6.45) is 5.15. The van der Waals surface area contributed by atoms with Crippen molar-refractivity contribution in [2.75, 3.05) is 6.54 Å². The molecule has 8 heteroatoms. The number of guanidine groups is 1.